The molecule has 1 amide bonds. The van der Waals surface area contributed by atoms with Gasteiger partial charge in [0, 0.05) is 23.7 Å². The van der Waals surface area contributed by atoms with Crippen LogP contribution in [0.25, 0.3) is 56.0 Å². The SMILES string of the molecule is Cc1cccc(-c2cccc3[nH]c(-c4n[nH]c5ccc(-c6cncc(NC(=O)CC7CCNCC7)c6)nc45)nc23)c1. The van der Waals surface area contributed by atoms with Gasteiger partial charge in [-0.2, -0.15) is 5.10 Å². The summed E-state index contributed by atoms with van der Waals surface area (Å²) < 4.78 is 0. The number of hydrogen-bond donors (Lipinski definition) is 4. The van der Waals surface area contributed by atoms with Crippen LogP contribution in [0.2, 0.25) is 0 Å². The summed E-state index contributed by atoms with van der Waals surface area (Å²) in [6.07, 6.45) is 6.01. The van der Waals surface area contributed by atoms with Gasteiger partial charge in [-0.05, 0) is 68.6 Å². The highest BCUT2D eigenvalue weighted by Gasteiger charge is 2.19. The number of aromatic amines is 2. The van der Waals surface area contributed by atoms with Gasteiger partial charge in [-0.15, -0.1) is 0 Å². The average molecular weight is 543 g/mol. The van der Waals surface area contributed by atoms with Crippen LogP contribution in [-0.4, -0.2) is 49.1 Å². The predicted molar refractivity (Wildman–Crippen MR) is 161 cm³/mol. The zero-order chi connectivity index (χ0) is 27.8. The number of carbonyl (C=O) groups is 1. The first-order valence-electron chi connectivity index (χ1n) is 14.0. The fourth-order valence-electron chi connectivity index (χ4n) is 5.62. The maximum atomic E-state index is 12.7. The molecule has 9 nitrogen and oxygen atoms in total. The third-order valence-electron chi connectivity index (χ3n) is 7.72. The van der Waals surface area contributed by atoms with E-state index in [9.17, 15) is 4.79 Å². The first kappa shape index (κ1) is 25.1. The van der Waals surface area contributed by atoms with E-state index in [1.54, 1.807) is 12.4 Å². The van der Waals surface area contributed by atoms with Gasteiger partial charge in [0.2, 0.25) is 5.91 Å². The number of hydrogen-bond acceptors (Lipinski definition) is 6. The Morgan fingerprint density at radius 2 is 1.80 bits per heavy atom. The van der Waals surface area contributed by atoms with E-state index in [0.717, 1.165) is 64.9 Å². The van der Waals surface area contributed by atoms with Crippen molar-refractivity contribution in [2.45, 2.75) is 26.2 Å². The van der Waals surface area contributed by atoms with Crippen molar-refractivity contribution >= 4 is 33.7 Å². The van der Waals surface area contributed by atoms with Crippen molar-refractivity contribution in [1.82, 2.24) is 35.5 Å². The minimum Gasteiger partial charge on any atom is -0.336 e. The van der Waals surface area contributed by atoms with E-state index in [1.807, 2.05) is 30.3 Å². The molecule has 0 spiro atoms. The molecule has 0 radical (unpaired) electrons. The molecule has 1 aliphatic rings. The number of anilines is 1. The van der Waals surface area contributed by atoms with Crippen molar-refractivity contribution in [1.29, 1.82) is 0 Å². The first-order valence-corrected chi connectivity index (χ1v) is 14.0. The van der Waals surface area contributed by atoms with Gasteiger partial charge >= 0.3 is 0 Å². The topological polar surface area (TPSA) is 124 Å². The molecule has 0 bridgehead atoms. The lowest BCUT2D eigenvalue weighted by molar-refractivity contribution is -0.117. The van der Waals surface area contributed by atoms with Crippen molar-refractivity contribution < 1.29 is 4.79 Å². The molecule has 2 aromatic carbocycles. The molecule has 1 saturated heterocycles. The van der Waals surface area contributed by atoms with Crippen molar-refractivity contribution in [2.75, 3.05) is 18.4 Å². The molecule has 204 valence electrons. The molecule has 9 heteroatoms. The second-order valence-corrected chi connectivity index (χ2v) is 10.7. The van der Waals surface area contributed by atoms with Crippen LogP contribution >= 0.6 is 0 Å². The number of piperidine rings is 1. The number of para-hydroxylation sites is 1. The zero-order valence-electron chi connectivity index (χ0n) is 22.7. The lowest BCUT2D eigenvalue weighted by Gasteiger charge is -2.21. The summed E-state index contributed by atoms with van der Waals surface area (Å²) in [7, 11) is 0. The Morgan fingerprint density at radius 3 is 2.68 bits per heavy atom. The van der Waals surface area contributed by atoms with Gasteiger partial charge < -0.3 is 15.6 Å². The van der Waals surface area contributed by atoms with E-state index in [1.165, 1.54) is 5.56 Å². The number of aryl methyl sites for hydroxylation is 1. The van der Waals surface area contributed by atoms with E-state index >= 15 is 0 Å². The molecule has 1 fully saturated rings. The second-order valence-electron chi connectivity index (χ2n) is 10.7. The fraction of sp³-hybridized carbons (Fsp3) is 0.219. The van der Waals surface area contributed by atoms with Crippen LogP contribution < -0.4 is 10.6 Å². The molecule has 0 unspecified atom stereocenters. The Hall–Kier alpha value is -4.89. The molecular formula is C32H30N8O. The minimum atomic E-state index is 0.0197. The highest BCUT2D eigenvalue weighted by molar-refractivity contribution is 5.96. The molecule has 5 heterocycles. The van der Waals surface area contributed by atoms with Crippen LogP contribution in [0.1, 0.15) is 24.8 Å². The van der Waals surface area contributed by atoms with Crippen LogP contribution in [0.5, 0.6) is 0 Å². The first-order chi connectivity index (χ1) is 20.1. The standard InChI is InChI=1S/C32H30N8O/c1-19-4-2-5-21(14-19)24-6-3-7-26-29(24)38-32(37-26)31-30-27(39-40-31)9-8-25(36-30)22-16-23(18-34-17-22)35-28(41)15-20-10-12-33-13-11-20/h2-9,14,16-18,20,33H,10-13,15H2,1H3,(H,35,41)(H,37,38)(H,39,40). The van der Waals surface area contributed by atoms with Gasteiger partial charge in [-0.3, -0.25) is 14.9 Å². The van der Waals surface area contributed by atoms with Gasteiger partial charge in [-0.1, -0.05) is 42.0 Å². The van der Waals surface area contributed by atoms with E-state index in [2.05, 4.69) is 68.1 Å². The van der Waals surface area contributed by atoms with E-state index in [4.69, 9.17) is 9.97 Å². The predicted octanol–water partition coefficient (Wildman–Crippen LogP) is 5.87. The number of nitrogens with one attached hydrogen (secondary N) is 4. The summed E-state index contributed by atoms with van der Waals surface area (Å²) in [6.45, 7) is 4.04. The smallest absolute Gasteiger partial charge is 0.224 e. The quantitative estimate of drug-likeness (QED) is 0.209. The van der Waals surface area contributed by atoms with Gasteiger partial charge in [0.15, 0.2) is 11.5 Å². The lowest BCUT2D eigenvalue weighted by atomic mass is 9.94. The molecule has 0 atom stereocenters. The Balaban J connectivity index is 1.19. The monoisotopic (exact) mass is 542 g/mol. The molecule has 7 rings (SSSR count). The molecule has 4 N–H and O–H groups in total. The number of H-pyrrole nitrogens is 2. The third-order valence-corrected chi connectivity index (χ3v) is 7.72. The van der Waals surface area contributed by atoms with Crippen LogP contribution in [0.4, 0.5) is 5.69 Å². The maximum Gasteiger partial charge on any atom is 0.224 e. The third kappa shape index (κ3) is 5.07. The number of amides is 1. The van der Waals surface area contributed by atoms with Crippen LogP contribution in [0.15, 0.2) is 73.1 Å². The largest absolute Gasteiger partial charge is 0.336 e. The Bertz CT molecular complexity index is 1880. The van der Waals surface area contributed by atoms with Crippen molar-refractivity contribution in [3.05, 3.63) is 78.6 Å². The summed E-state index contributed by atoms with van der Waals surface area (Å²) in [4.78, 5) is 30.4. The summed E-state index contributed by atoms with van der Waals surface area (Å²) in [5, 5.41) is 14.0. The number of rotatable bonds is 6. The highest BCUT2D eigenvalue weighted by atomic mass is 16.1. The van der Waals surface area contributed by atoms with Crippen LogP contribution in [0.3, 0.4) is 0 Å². The summed E-state index contributed by atoms with van der Waals surface area (Å²) in [5.74, 6) is 1.08. The Morgan fingerprint density at radius 1 is 0.927 bits per heavy atom. The van der Waals surface area contributed by atoms with Crippen LogP contribution in [0, 0.1) is 12.8 Å². The van der Waals surface area contributed by atoms with Crippen molar-refractivity contribution in [3.63, 3.8) is 0 Å². The molecule has 6 aromatic rings. The number of carbonyl (C=O) groups excluding carboxylic acids is 1. The van der Waals surface area contributed by atoms with Gasteiger partial charge in [-0.25, -0.2) is 9.97 Å². The molecule has 0 saturated carbocycles. The van der Waals surface area contributed by atoms with Crippen LogP contribution in [-0.2, 0) is 4.79 Å². The Labute approximate surface area is 236 Å². The van der Waals surface area contributed by atoms with Gasteiger partial charge in [0.05, 0.1) is 34.1 Å². The number of imidazole rings is 1. The average Bonchev–Trinajstić information content (AvgIpc) is 3.61. The summed E-state index contributed by atoms with van der Waals surface area (Å²) >= 11 is 0. The normalized spacial score (nSPS) is 14.1. The maximum absolute atomic E-state index is 12.7. The van der Waals surface area contributed by atoms with Gasteiger partial charge in [0.1, 0.15) is 5.52 Å². The summed E-state index contributed by atoms with van der Waals surface area (Å²) in [5.41, 5.74) is 9.57. The Kier molecular flexibility index (Phi) is 6.48. The second kappa shape index (κ2) is 10.6. The fourth-order valence-corrected chi connectivity index (χ4v) is 5.62. The number of pyridine rings is 2. The van der Waals surface area contributed by atoms with E-state index in [0.29, 0.717) is 35.1 Å². The molecule has 4 aromatic heterocycles. The molecule has 1 aliphatic heterocycles. The van der Waals surface area contributed by atoms with E-state index in [-0.39, 0.29) is 5.91 Å². The van der Waals surface area contributed by atoms with E-state index < -0.39 is 0 Å². The number of aromatic nitrogens is 6. The zero-order valence-corrected chi connectivity index (χ0v) is 22.7. The van der Waals surface area contributed by atoms with Crippen molar-refractivity contribution in [2.24, 2.45) is 5.92 Å². The molecular weight excluding hydrogens is 512 g/mol. The van der Waals surface area contributed by atoms with Gasteiger partial charge in [0.25, 0.3) is 0 Å². The summed E-state index contributed by atoms with van der Waals surface area (Å²) in [6, 6.07) is 20.4. The minimum absolute atomic E-state index is 0.0197. The highest BCUT2D eigenvalue weighted by Crippen LogP contribution is 2.32. The van der Waals surface area contributed by atoms with Crippen molar-refractivity contribution in [3.8, 4) is 33.9 Å². The molecule has 0 aliphatic carbocycles. The number of fused-ring (bicyclic) bond motifs is 2. The lowest BCUT2D eigenvalue weighted by Crippen LogP contribution is -2.30. The number of benzene rings is 2. The molecule has 41 heavy (non-hydrogen) atoms. The number of nitrogens with zero attached hydrogens (tertiary/aromatic N) is 4.